The molecule has 1 amide bonds. The predicted octanol–water partition coefficient (Wildman–Crippen LogP) is 5.68. The molecule has 3 heterocycles. The zero-order valence-electron chi connectivity index (χ0n) is 20.6. The first-order valence-corrected chi connectivity index (χ1v) is 13.4. The van der Waals surface area contributed by atoms with Gasteiger partial charge in [-0.25, -0.2) is 4.98 Å². The number of fused-ring (bicyclic) bond motifs is 1. The maximum absolute atomic E-state index is 12.8. The number of nitrogens with one attached hydrogen (secondary N) is 3. The van der Waals surface area contributed by atoms with Crippen LogP contribution in [0.3, 0.4) is 0 Å². The first-order chi connectivity index (χ1) is 18.6. The van der Waals surface area contributed by atoms with Gasteiger partial charge in [0.15, 0.2) is 11.2 Å². The van der Waals surface area contributed by atoms with E-state index in [0.717, 1.165) is 29.5 Å². The number of Topliss-reactive ketones (excluding diaryl/α,β-unsaturated/α-hetero) is 1. The molecule has 1 atom stereocenters. The zero-order chi connectivity index (χ0) is 26.3. The summed E-state index contributed by atoms with van der Waals surface area (Å²) < 4.78 is 0. The molecule has 0 spiro atoms. The number of hydrogen-bond donors (Lipinski definition) is 3. The van der Waals surface area contributed by atoms with Gasteiger partial charge in [-0.2, -0.15) is 0 Å². The molecule has 0 saturated heterocycles. The van der Waals surface area contributed by atoms with Crippen molar-refractivity contribution in [3.8, 4) is 11.3 Å². The van der Waals surface area contributed by atoms with Gasteiger partial charge >= 0.3 is 0 Å². The molecule has 5 aromatic rings. The molecule has 0 aliphatic carbocycles. The van der Waals surface area contributed by atoms with Gasteiger partial charge in [0.25, 0.3) is 5.91 Å². The van der Waals surface area contributed by atoms with Crippen molar-refractivity contribution in [3.63, 3.8) is 0 Å². The fourth-order valence-corrected chi connectivity index (χ4v) is 4.95. The number of unbranched alkanes of at least 4 members (excludes halogenated alkanes) is 2. The van der Waals surface area contributed by atoms with Gasteiger partial charge < -0.3 is 15.3 Å². The summed E-state index contributed by atoms with van der Waals surface area (Å²) in [7, 11) is 0. The lowest BCUT2D eigenvalue weighted by molar-refractivity contribution is 0.0935. The summed E-state index contributed by atoms with van der Waals surface area (Å²) in [5.74, 6) is 0.325. The van der Waals surface area contributed by atoms with Gasteiger partial charge in [0.1, 0.15) is 10.7 Å². The molecule has 3 N–H and O–H groups in total. The minimum Gasteiger partial charge on any atom is -0.367 e. The Morgan fingerprint density at radius 3 is 2.68 bits per heavy atom. The van der Waals surface area contributed by atoms with Crippen LogP contribution in [0.25, 0.3) is 22.0 Å². The standard InChI is InChI=1S/C29H27N5O3S/c35-25(22-15-30-13-12-26(22)36)9-3-1-2-8-23(34-29(37)27-17-31-18-38-27)28-32-16-24(33-28)21-11-10-19-6-4-5-7-20(19)14-21/h4-7,10-18,23H,1-3,8-9H2,(H,30,36)(H,32,33)(H,34,37)/t23-/m0/s1. The number of carbonyl (C=O) groups excluding carboxylic acids is 2. The van der Waals surface area contributed by atoms with Crippen LogP contribution < -0.4 is 10.7 Å². The van der Waals surface area contributed by atoms with Gasteiger partial charge in [0.05, 0.1) is 35.2 Å². The summed E-state index contributed by atoms with van der Waals surface area (Å²) in [4.78, 5) is 52.4. The molecule has 0 unspecified atom stereocenters. The second kappa shape index (κ2) is 11.8. The molecular weight excluding hydrogens is 498 g/mol. The van der Waals surface area contributed by atoms with Gasteiger partial charge in [-0.05, 0) is 29.7 Å². The van der Waals surface area contributed by atoms with Crippen LogP contribution >= 0.6 is 11.3 Å². The van der Waals surface area contributed by atoms with Crippen molar-refractivity contribution in [2.24, 2.45) is 0 Å². The van der Waals surface area contributed by atoms with E-state index in [0.29, 0.717) is 30.0 Å². The summed E-state index contributed by atoms with van der Waals surface area (Å²) in [5, 5.41) is 5.40. The highest BCUT2D eigenvalue weighted by molar-refractivity contribution is 7.11. The number of hydrogen-bond acceptors (Lipinski definition) is 6. The maximum Gasteiger partial charge on any atom is 0.263 e. The van der Waals surface area contributed by atoms with Crippen LogP contribution in [0.5, 0.6) is 0 Å². The highest BCUT2D eigenvalue weighted by Gasteiger charge is 2.20. The van der Waals surface area contributed by atoms with E-state index in [1.165, 1.54) is 35.2 Å². The second-order valence-corrected chi connectivity index (χ2v) is 9.97. The quantitative estimate of drug-likeness (QED) is 0.151. The number of benzene rings is 2. The summed E-state index contributed by atoms with van der Waals surface area (Å²) in [6.45, 7) is 0. The van der Waals surface area contributed by atoms with Crippen molar-refractivity contribution in [2.75, 3.05) is 0 Å². The predicted molar refractivity (Wildman–Crippen MR) is 148 cm³/mol. The first kappa shape index (κ1) is 25.3. The topological polar surface area (TPSA) is 121 Å². The normalized spacial score (nSPS) is 11.9. The fourth-order valence-electron chi connectivity index (χ4n) is 4.43. The molecule has 8 nitrogen and oxygen atoms in total. The minimum absolute atomic E-state index is 0.159. The van der Waals surface area contributed by atoms with E-state index in [1.54, 1.807) is 17.9 Å². The summed E-state index contributed by atoms with van der Waals surface area (Å²) in [6, 6.07) is 15.5. The lowest BCUT2D eigenvalue weighted by Gasteiger charge is -2.16. The van der Waals surface area contributed by atoms with Crippen LogP contribution in [0.15, 0.2) is 83.6 Å². The van der Waals surface area contributed by atoms with Gasteiger partial charge in [0, 0.05) is 30.4 Å². The first-order valence-electron chi connectivity index (χ1n) is 12.5. The number of carbonyl (C=O) groups is 2. The van der Waals surface area contributed by atoms with Crippen molar-refractivity contribution in [1.82, 2.24) is 25.3 Å². The van der Waals surface area contributed by atoms with Gasteiger partial charge in [0.2, 0.25) is 0 Å². The molecular formula is C29H27N5O3S. The monoisotopic (exact) mass is 525 g/mol. The van der Waals surface area contributed by atoms with E-state index in [4.69, 9.17) is 0 Å². The largest absolute Gasteiger partial charge is 0.367 e. The van der Waals surface area contributed by atoms with E-state index in [9.17, 15) is 14.4 Å². The molecule has 2 aromatic carbocycles. The highest BCUT2D eigenvalue weighted by atomic mass is 32.1. The van der Waals surface area contributed by atoms with Crippen molar-refractivity contribution < 1.29 is 9.59 Å². The van der Waals surface area contributed by atoms with E-state index < -0.39 is 0 Å². The number of aromatic amines is 2. The number of amides is 1. The van der Waals surface area contributed by atoms with Crippen LogP contribution in [0.2, 0.25) is 0 Å². The second-order valence-electron chi connectivity index (χ2n) is 9.08. The van der Waals surface area contributed by atoms with E-state index in [2.05, 4.69) is 55.6 Å². The Balaban J connectivity index is 1.25. The number of H-pyrrole nitrogens is 2. The van der Waals surface area contributed by atoms with Crippen LogP contribution in [-0.2, 0) is 0 Å². The number of aromatic nitrogens is 4. The molecule has 0 aliphatic rings. The molecule has 0 radical (unpaired) electrons. The van der Waals surface area contributed by atoms with Crippen LogP contribution in [0.4, 0.5) is 0 Å². The molecule has 5 rings (SSSR count). The lowest BCUT2D eigenvalue weighted by atomic mass is 10.0. The molecule has 0 saturated carbocycles. The Morgan fingerprint density at radius 2 is 1.87 bits per heavy atom. The third-order valence-corrected chi connectivity index (χ3v) is 7.24. The molecule has 38 heavy (non-hydrogen) atoms. The van der Waals surface area contributed by atoms with Crippen molar-refractivity contribution in [2.45, 2.75) is 38.1 Å². The number of nitrogens with zero attached hydrogens (tertiary/aromatic N) is 2. The Hall–Kier alpha value is -4.37. The number of ketones is 1. The zero-order valence-corrected chi connectivity index (χ0v) is 21.5. The number of rotatable bonds is 11. The van der Waals surface area contributed by atoms with E-state index in [-0.39, 0.29) is 28.7 Å². The average molecular weight is 526 g/mol. The molecule has 0 aliphatic heterocycles. The van der Waals surface area contributed by atoms with Gasteiger partial charge in [-0.3, -0.25) is 19.4 Å². The molecule has 192 valence electrons. The van der Waals surface area contributed by atoms with Crippen LogP contribution in [0, 0.1) is 0 Å². The smallest absolute Gasteiger partial charge is 0.263 e. The molecule has 3 aromatic heterocycles. The van der Waals surface area contributed by atoms with Gasteiger partial charge in [-0.15, -0.1) is 11.3 Å². The Labute approximate surface area is 223 Å². The number of pyridine rings is 1. The SMILES string of the molecule is O=C(N[C@@H](CCCCCC(=O)c1c[nH]ccc1=O)c1ncc(-c2ccc3ccccc3c2)[nH]1)c1cncs1. The van der Waals surface area contributed by atoms with Crippen LogP contribution in [-0.4, -0.2) is 31.6 Å². The Bertz CT molecular complexity index is 1610. The summed E-state index contributed by atoms with van der Waals surface area (Å²) in [5.41, 5.74) is 3.45. The van der Waals surface area contributed by atoms with E-state index >= 15 is 0 Å². The minimum atomic E-state index is -0.327. The Morgan fingerprint density at radius 1 is 1.00 bits per heavy atom. The van der Waals surface area contributed by atoms with Crippen molar-refractivity contribution in [3.05, 3.63) is 105 Å². The third-order valence-electron chi connectivity index (χ3n) is 6.47. The van der Waals surface area contributed by atoms with Gasteiger partial charge in [-0.1, -0.05) is 49.2 Å². The van der Waals surface area contributed by atoms with E-state index in [1.807, 2.05) is 12.1 Å². The number of thiazole rings is 1. The average Bonchev–Trinajstić information content (AvgIpc) is 3.65. The molecule has 9 heteroatoms. The summed E-state index contributed by atoms with van der Waals surface area (Å²) >= 11 is 1.29. The Kier molecular flexibility index (Phi) is 7.84. The highest BCUT2D eigenvalue weighted by Crippen LogP contribution is 2.26. The third kappa shape index (κ3) is 5.95. The van der Waals surface area contributed by atoms with Crippen molar-refractivity contribution >= 4 is 33.8 Å². The molecule has 0 bridgehead atoms. The summed E-state index contributed by atoms with van der Waals surface area (Å²) in [6.07, 6.45) is 9.48. The molecule has 0 fully saturated rings. The van der Waals surface area contributed by atoms with Crippen molar-refractivity contribution in [1.29, 1.82) is 0 Å². The lowest BCUT2D eigenvalue weighted by Crippen LogP contribution is -2.28. The fraction of sp³-hybridized carbons (Fsp3) is 0.207. The maximum atomic E-state index is 12.8. The van der Waals surface area contributed by atoms with Crippen LogP contribution in [0.1, 0.15) is 64.0 Å². The number of imidazole rings is 1.